The summed E-state index contributed by atoms with van der Waals surface area (Å²) in [5.74, 6) is 0.613. The second-order valence-corrected chi connectivity index (χ2v) is 7.65. The van der Waals surface area contributed by atoms with Gasteiger partial charge in [0, 0.05) is 38.3 Å². The molecule has 0 aromatic heterocycles. The monoisotopic (exact) mass is 374 g/mol. The highest BCUT2D eigenvalue weighted by atomic mass is 19.1. The normalized spacial score (nSPS) is 20.5. The Kier molecular flexibility index (Phi) is 5.98. The van der Waals surface area contributed by atoms with E-state index in [4.69, 9.17) is 4.74 Å². The van der Waals surface area contributed by atoms with E-state index >= 15 is 0 Å². The largest absolute Gasteiger partial charge is 0.496 e. The first-order chi connectivity index (χ1) is 12.9. The molecule has 1 saturated heterocycles. The lowest BCUT2D eigenvalue weighted by atomic mass is 9.98. The third-order valence-electron chi connectivity index (χ3n) is 5.49. The molecule has 1 aliphatic heterocycles. The Balaban J connectivity index is 1.47. The maximum atomic E-state index is 13.5. The zero-order valence-electron chi connectivity index (χ0n) is 16.0. The van der Waals surface area contributed by atoms with E-state index in [-0.39, 0.29) is 17.6 Å². The van der Waals surface area contributed by atoms with Gasteiger partial charge in [-0.15, -0.1) is 0 Å². The molecule has 27 heavy (non-hydrogen) atoms. The SMILES string of the molecule is COc1ccc(F)cc1CN1CCN(CC(=O)N[C@@](C)(C#N)C2CC2)CC1. The number of ether oxygens (including phenoxy) is 1. The van der Waals surface area contributed by atoms with Crippen LogP contribution in [0.15, 0.2) is 18.2 Å². The fourth-order valence-corrected chi connectivity index (χ4v) is 3.63. The van der Waals surface area contributed by atoms with Gasteiger partial charge in [-0.05, 0) is 43.9 Å². The predicted molar refractivity (Wildman–Crippen MR) is 99.6 cm³/mol. The lowest BCUT2D eigenvalue weighted by Gasteiger charge is -2.35. The molecule has 0 unspecified atom stereocenters. The van der Waals surface area contributed by atoms with Crippen LogP contribution < -0.4 is 10.1 Å². The summed E-state index contributed by atoms with van der Waals surface area (Å²) in [4.78, 5) is 16.7. The smallest absolute Gasteiger partial charge is 0.235 e. The van der Waals surface area contributed by atoms with Crippen LogP contribution in [0.25, 0.3) is 0 Å². The summed E-state index contributed by atoms with van der Waals surface area (Å²) >= 11 is 0. The number of nitrogens with zero attached hydrogens (tertiary/aromatic N) is 3. The van der Waals surface area contributed by atoms with Gasteiger partial charge in [0.2, 0.25) is 5.91 Å². The third kappa shape index (κ3) is 4.96. The van der Waals surface area contributed by atoms with Gasteiger partial charge in [0.25, 0.3) is 0 Å². The van der Waals surface area contributed by atoms with E-state index in [1.54, 1.807) is 13.2 Å². The summed E-state index contributed by atoms with van der Waals surface area (Å²) in [6.45, 7) is 5.86. The summed E-state index contributed by atoms with van der Waals surface area (Å²) in [5, 5.41) is 12.3. The van der Waals surface area contributed by atoms with Crippen molar-refractivity contribution in [3.63, 3.8) is 0 Å². The van der Waals surface area contributed by atoms with Gasteiger partial charge < -0.3 is 10.1 Å². The second-order valence-electron chi connectivity index (χ2n) is 7.65. The van der Waals surface area contributed by atoms with E-state index in [0.29, 0.717) is 18.8 Å². The first kappa shape index (κ1) is 19.6. The van der Waals surface area contributed by atoms with E-state index in [9.17, 15) is 14.4 Å². The van der Waals surface area contributed by atoms with Crippen LogP contribution in [0.1, 0.15) is 25.3 Å². The Morgan fingerprint density at radius 2 is 2.00 bits per heavy atom. The molecule has 1 heterocycles. The minimum atomic E-state index is -0.743. The van der Waals surface area contributed by atoms with Crippen LogP contribution in [0.4, 0.5) is 4.39 Å². The molecule has 3 rings (SSSR count). The van der Waals surface area contributed by atoms with Gasteiger partial charge in [0.05, 0.1) is 19.7 Å². The molecule has 1 aromatic rings. The highest BCUT2D eigenvalue weighted by Crippen LogP contribution is 2.39. The average molecular weight is 374 g/mol. The summed E-state index contributed by atoms with van der Waals surface area (Å²) < 4.78 is 18.8. The molecule has 0 spiro atoms. The fraction of sp³-hybridized carbons (Fsp3) is 0.600. The molecule has 1 saturated carbocycles. The predicted octanol–water partition coefficient (Wildman–Crippen LogP) is 1.76. The number of amides is 1. The number of piperazine rings is 1. The van der Waals surface area contributed by atoms with E-state index in [0.717, 1.165) is 44.6 Å². The molecule has 1 amide bonds. The van der Waals surface area contributed by atoms with E-state index < -0.39 is 5.54 Å². The van der Waals surface area contributed by atoms with E-state index in [1.165, 1.54) is 12.1 Å². The Morgan fingerprint density at radius 1 is 1.33 bits per heavy atom. The van der Waals surface area contributed by atoms with Crippen molar-refractivity contribution in [1.29, 1.82) is 5.26 Å². The number of carbonyl (C=O) groups excluding carboxylic acids is 1. The van der Waals surface area contributed by atoms with Crippen molar-refractivity contribution in [2.45, 2.75) is 31.8 Å². The maximum absolute atomic E-state index is 13.5. The summed E-state index contributed by atoms with van der Waals surface area (Å²) in [5.41, 5.74) is 0.0882. The molecular weight excluding hydrogens is 347 g/mol. The minimum absolute atomic E-state index is 0.0915. The number of benzene rings is 1. The molecule has 1 aromatic carbocycles. The summed E-state index contributed by atoms with van der Waals surface area (Å²) in [6, 6.07) is 6.82. The minimum Gasteiger partial charge on any atom is -0.496 e. The highest BCUT2D eigenvalue weighted by molar-refractivity contribution is 5.79. The molecule has 0 radical (unpaired) electrons. The van der Waals surface area contributed by atoms with E-state index in [2.05, 4.69) is 21.2 Å². The highest BCUT2D eigenvalue weighted by Gasteiger charge is 2.43. The van der Waals surface area contributed by atoms with Crippen molar-refractivity contribution in [1.82, 2.24) is 15.1 Å². The fourth-order valence-electron chi connectivity index (χ4n) is 3.63. The van der Waals surface area contributed by atoms with Gasteiger partial charge in [0.1, 0.15) is 17.1 Å². The van der Waals surface area contributed by atoms with Crippen molar-refractivity contribution >= 4 is 5.91 Å². The van der Waals surface area contributed by atoms with Crippen LogP contribution in [0.3, 0.4) is 0 Å². The van der Waals surface area contributed by atoms with Gasteiger partial charge in [-0.2, -0.15) is 5.26 Å². The lowest BCUT2D eigenvalue weighted by molar-refractivity contribution is -0.124. The van der Waals surface area contributed by atoms with Crippen LogP contribution in [0.2, 0.25) is 0 Å². The first-order valence-corrected chi connectivity index (χ1v) is 9.43. The number of carbonyl (C=O) groups is 1. The van der Waals surface area contributed by atoms with Crippen LogP contribution in [0, 0.1) is 23.1 Å². The molecule has 1 aliphatic carbocycles. The lowest BCUT2D eigenvalue weighted by Crippen LogP contribution is -2.53. The number of nitrogens with one attached hydrogen (secondary N) is 1. The number of nitriles is 1. The zero-order valence-corrected chi connectivity index (χ0v) is 16.0. The van der Waals surface area contributed by atoms with Gasteiger partial charge in [-0.3, -0.25) is 14.6 Å². The van der Waals surface area contributed by atoms with Crippen molar-refractivity contribution in [2.24, 2.45) is 5.92 Å². The summed E-state index contributed by atoms with van der Waals surface area (Å²) in [7, 11) is 1.59. The molecule has 0 bridgehead atoms. The topological polar surface area (TPSA) is 68.6 Å². The van der Waals surface area contributed by atoms with Crippen molar-refractivity contribution in [3.8, 4) is 11.8 Å². The van der Waals surface area contributed by atoms with Crippen molar-refractivity contribution in [2.75, 3.05) is 39.8 Å². The Labute approximate surface area is 159 Å². The molecule has 146 valence electrons. The molecule has 1 N–H and O–H groups in total. The second kappa shape index (κ2) is 8.24. The number of rotatable bonds is 7. The van der Waals surface area contributed by atoms with Gasteiger partial charge in [0.15, 0.2) is 0 Å². The average Bonchev–Trinajstić information content (AvgIpc) is 3.49. The maximum Gasteiger partial charge on any atom is 0.235 e. The number of hydrogen-bond acceptors (Lipinski definition) is 5. The van der Waals surface area contributed by atoms with E-state index in [1.807, 2.05) is 6.92 Å². The van der Waals surface area contributed by atoms with Crippen LogP contribution in [-0.4, -0.2) is 61.1 Å². The molecule has 2 aliphatic rings. The molecule has 6 nitrogen and oxygen atoms in total. The molecular formula is C20H27FN4O2. The Bertz CT molecular complexity index is 723. The Hall–Kier alpha value is -2.17. The standard InChI is InChI=1S/C20H27FN4O2/c1-20(14-22,16-3-4-16)23-19(26)13-25-9-7-24(8-10-25)12-15-11-17(21)5-6-18(15)27-2/h5-6,11,16H,3-4,7-10,12-13H2,1-2H3,(H,23,26)/t20-/m0/s1. The van der Waals surface area contributed by atoms with Gasteiger partial charge in [-0.25, -0.2) is 4.39 Å². The number of halogens is 1. The number of methoxy groups -OCH3 is 1. The number of hydrogen-bond donors (Lipinski definition) is 1. The quantitative estimate of drug-likeness (QED) is 0.788. The van der Waals surface area contributed by atoms with Crippen LogP contribution in [-0.2, 0) is 11.3 Å². The van der Waals surface area contributed by atoms with Crippen molar-refractivity contribution in [3.05, 3.63) is 29.6 Å². The summed E-state index contributed by atoms with van der Waals surface area (Å²) in [6.07, 6.45) is 2.01. The first-order valence-electron chi connectivity index (χ1n) is 9.43. The molecule has 2 fully saturated rings. The van der Waals surface area contributed by atoms with Gasteiger partial charge >= 0.3 is 0 Å². The molecule has 1 atom stereocenters. The third-order valence-corrected chi connectivity index (χ3v) is 5.49. The van der Waals surface area contributed by atoms with Crippen LogP contribution >= 0.6 is 0 Å². The van der Waals surface area contributed by atoms with Crippen LogP contribution in [0.5, 0.6) is 5.75 Å². The van der Waals surface area contributed by atoms with Gasteiger partial charge in [-0.1, -0.05) is 0 Å². The molecule has 7 heteroatoms. The van der Waals surface area contributed by atoms with Crippen molar-refractivity contribution < 1.29 is 13.9 Å². The Morgan fingerprint density at radius 3 is 2.59 bits per heavy atom. The zero-order chi connectivity index (χ0) is 19.4.